The molecule has 0 aromatic carbocycles. The number of sulfone groups is 1. The van der Waals surface area contributed by atoms with Gasteiger partial charge in [-0.3, -0.25) is 4.79 Å². The summed E-state index contributed by atoms with van der Waals surface area (Å²) >= 11 is 0. The summed E-state index contributed by atoms with van der Waals surface area (Å²) in [6.45, 7) is 4.89. The molecule has 0 aliphatic heterocycles. The molecule has 0 N–H and O–H groups in total. The first-order chi connectivity index (χ1) is 7.77. The Labute approximate surface area is 100 Å². The molecule has 0 saturated carbocycles. The molecule has 0 amide bonds. The van der Waals surface area contributed by atoms with Crippen molar-refractivity contribution in [1.82, 2.24) is 10.1 Å². The van der Waals surface area contributed by atoms with Crippen molar-refractivity contribution in [2.75, 3.05) is 6.26 Å². The molecule has 0 aliphatic rings. The van der Waals surface area contributed by atoms with Crippen molar-refractivity contribution < 1.29 is 17.7 Å². The maximum absolute atomic E-state index is 11.4. The number of aromatic nitrogens is 2. The molecule has 1 aromatic heterocycles. The summed E-state index contributed by atoms with van der Waals surface area (Å²) in [7, 11) is -3.26. The molecule has 0 saturated heterocycles. The number of Topliss-reactive ketones (excluding diaryl/α,β-unsaturated/α-hetero) is 1. The maximum atomic E-state index is 11.4. The first kappa shape index (κ1) is 13.8. The van der Waals surface area contributed by atoms with E-state index in [1.807, 2.05) is 0 Å². The predicted molar refractivity (Wildman–Crippen MR) is 61.3 cm³/mol. The van der Waals surface area contributed by atoms with Crippen molar-refractivity contribution in [2.45, 2.75) is 38.4 Å². The molecule has 1 rings (SSSR count). The van der Waals surface area contributed by atoms with Crippen molar-refractivity contribution in [3.05, 3.63) is 11.7 Å². The van der Waals surface area contributed by atoms with Crippen LogP contribution in [0, 0.1) is 0 Å². The van der Waals surface area contributed by atoms with Gasteiger partial charge in [-0.1, -0.05) is 12.1 Å². The van der Waals surface area contributed by atoms with E-state index >= 15 is 0 Å². The Hall–Kier alpha value is -1.24. The van der Waals surface area contributed by atoms with Crippen LogP contribution in [0.25, 0.3) is 0 Å². The number of ketones is 1. The Balaban J connectivity index is 2.96. The number of carbonyl (C=O) groups is 1. The second-order valence-electron chi connectivity index (χ2n) is 4.00. The number of hydrogen-bond acceptors (Lipinski definition) is 6. The second-order valence-corrected chi connectivity index (χ2v) is 6.37. The lowest BCUT2D eigenvalue weighted by Crippen LogP contribution is -2.11. The highest BCUT2D eigenvalue weighted by molar-refractivity contribution is 7.90. The van der Waals surface area contributed by atoms with Crippen LogP contribution in [0.2, 0.25) is 0 Å². The first-order valence-electron chi connectivity index (χ1n) is 5.32. The predicted octanol–water partition coefficient (Wildman–Crippen LogP) is 1.26. The van der Waals surface area contributed by atoms with Crippen LogP contribution < -0.4 is 0 Å². The van der Waals surface area contributed by atoms with Crippen molar-refractivity contribution in [3.63, 3.8) is 0 Å². The second kappa shape index (κ2) is 4.95. The first-order valence-corrected chi connectivity index (χ1v) is 7.27. The van der Waals surface area contributed by atoms with Crippen LogP contribution in [0.5, 0.6) is 0 Å². The zero-order valence-corrected chi connectivity index (χ0v) is 11.1. The molecule has 17 heavy (non-hydrogen) atoms. The van der Waals surface area contributed by atoms with Crippen LogP contribution in [0.15, 0.2) is 4.52 Å². The van der Waals surface area contributed by atoms with Crippen molar-refractivity contribution in [3.8, 4) is 0 Å². The van der Waals surface area contributed by atoms with Crippen LogP contribution in [-0.2, 0) is 14.6 Å². The van der Waals surface area contributed by atoms with Gasteiger partial charge in [-0.15, -0.1) is 0 Å². The largest absolute Gasteiger partial charge is 0.339 e. The summed E-state index contributed by atoms with van der Waals surface area (Å²) in [6, 6.07) is 0. The summed E-state index contributed by atoms with van der Waals surface area (Å²) in [4.78, 5) is 15.4. The van der Waals surface area contributed by atoms with Gasteiger partial charge in [0.1, 0.15) is 11.0 Å². The number of carbonyl (C=O) groups excluding carboxylic acids is 1. The van der Waals surface area contributed by atoms with Crippen LogP contribution >= 0.6 is 0 Å². The highest BCUT2D eigenvalue weighted by Crippen LogP contribution is 2.21. The molecule has 2 unspecified atom stereocenters. The number of rotatable bonds is 5. The summed E-state index contributed by atoms with van der Waals surface area (Å²) in [5.41, 5.74) is 0. The van der Waals surface area contributed by atoms with E-state index in [2.05, 4.69) is 10.1 Å². The third kappa shape index (κ3) is 3.12. The Morgan fingerprint density at radius 3 is 2.47 bits per heavy atom. The monoisotopic (exact) mass is 260 g/mol. The van der Waals surface area contributed by atoms with E-state index in [1.54, 1.807) is 13.8 Å². The fraction of sp³-hybridized carbons (Fsp3) is 0.700. The average molecular weight is 260 g/mol. The third-order valence-corrected chi connectivity index (χ3v) is 4.16. The Kier molecular flexibility index (Phi) is 4.03. The van der Waals surface area contributed by atoms with Crippen LogP contribution in [0.1, 0.15) is 50.1 Å². The minimum absolute atomic E-state index is 0.0211. The molecule has 0 fully saturated rings. The summed E-state index contributed by atoms with van der Waals surface area (Å²) in [5, 5.41) is 2.77. The molecular formula is C10H16N2O4S. The lowest BCUT2D eigenvalue weighted by Gasteiger charge is -2.03. The Bertz CT molecular complexity index is 506. The molecule has 96 valence electrons. The quantitative estimate of drug-likeness (QED) is 0.791. The minimum Gasteiger partial charge on any atom is -0.339 e. The van der Waals surface area contributed by atoms with Gasteiger partial charge in [-0.05, 0) is 13.8 Å². The van der Waals surface area contributed by atoms with Gasteiger partial charge < -0.3 is 4.52 Å². The fourth-order valence-corrected chi connectivity index (χ4v) is 1.70. The topological polar surface area (TPSA) is 90.1 Å². The Morgan fingerprint density at radius 2 is 2.00 bits per heavy atom. The van der Waals surface area contributed by atoms with Gasteiger partial charge in [0, 0.05) is 12.7 Å². The smallest absolute Gasteiger partial charge is 0.236 e. The summed E-state index contributed by atoms with van der Waals surface area (Å²) in [6.07, 6.45) is 1.48. The SMILES string of the molecule is CCC(=O)C(C)c1nc(C(C)S(C)(=O)=O)no1. The molecule has 0 aliphatic carbocycles. The van der Waals surface area contributed by atoms with Gasteiger partial charge >= 0.3 is 0 Å². The van der Waals surface area contributed by atoms with E-state index in [0.717, 1.165) is 6.26 Å². The lowest BCUT2D eigenvalue weighted by atomic mass is 10.1. The van der Waals surface area contributed by atoms with E-state index in [-0.39, 0.29) is 17.5 Å². The normalized spacial score (nSPS) is 15.5. The van der Waals surface area contributed by atoms with Gasteiger partial charge in [0.25, 0.3) is 0 Å². The van der Waals surface area contributed by atoms with E-state index in [1.165, 1.54) is 6.92 Å². The standard InChI is InChI=1S/C10H16N2O4S/c1-5-8(13)6(2)10-11-9(12-16-10)7(3)17(4,14)15/h6-7H,5H2,1-4H3. The van der Waals surface area contributed by atoms with Crippen molar-refractivity contribution in [2.24, 2.45) is 0 Å². The average Bonchev–Trinajstić information content (AvgIpc) is 2.73. The molecule has 6 nitrogen and oxygen atoms in total. The summed E-state index contributed by atoms with van der Waals surface area (Å²) in [5.74, 6) is -0.249. The van der Waals surface area contributed by atoms with Crippen molar-refractivity contribution >= 4 is 15.6 Å². The molecule has 0 bridgehead atoms. The molecule has 0 radical (unpaired) electrons. The minimum atomic E-state index is -3.26. The highest BCUT2D eigenvalue weighted by atomic mass is 32.2. The Morgan fingerprint density at radius 1 is 1.41 bits per heavy atom. The molecular weight excluding hydrogens is 244 g/mol. The lowest BCUT2D eigenvalue weighted by molar-refractivity contribution is -0.120. The van der Waals surface area contributed by atoms with E-state index < -0.39 is 21.0 Å². The molecule has 1 aromatic rings. The van der Waals surface area contributed by atoms with Crippen molar-refractivity contribution in [1.29, 1.82) is 0 Å². The number of hydrogen-bond donors (Lipinski definition) is 0. The molecule has 2 atom stereocenters. The fourth-order valence-electron chi connectivity index (χ4n) is 1.22. The van der Waals surface area contributed by atoms with Crippen LogP contribution in [0.3, 0.4) is 0 Å². The van der Waals surface area contributed by atoms with Crippen LogP contribution in [0.4, 0.5) is 0 Å². The van der Waals surface area contributed by atoms with E-state index in [4.69, 9.17) is 4.52 Å². The van der Waals surface area contributed by atoms with Gasteiger partial charge in [0.05, 0.1) is 5.92 Å². The zero-order valence-electron chi connectivity index (χ0n) is 10.3. The molecule has 7 heteroatoms. The molecule has 0 spiro atoms. The van der Waals surface area contributed by atoms with Gasteiger partial charge in [0.2, 0.25) is 5.89 Å². The number of nitrogens with zero attached hydrogens (tertiary/aromatic N) is 2. The van der Waals surface area contributed by atoms with Gasteiger partial charge in [-0.25, -0.2) is 8.42 Å². The third-order valence-electron chi connectivity index (χ3n) is 2.67. The van der Waals surface area contributed by atoms with E-state index in [9.17, 15) is 13.2 Å². The highest BCUT2D eigenvalue weighted by Gasteiger charge is 2.26. The maximum Gasteiger partial charge on any atom is 0.236 e. The summed E-state index contributed by atoms with van der Waals surface area (Å²) < 4.78 is 27.5. The van der Waals surface area contributed by atoms with Gasteiger partial charge in [-0.2, -0.15) is 4.98 Å². The zero-order chi connectivity index (χ0) is 13.2. The van der Waals surface area contributed by atoms with Gasteiger partial charge in [0.15, 0.2) is 15.7 Å². The molecule has 1 heterocycles. The van der Waals surface area contributed by atoms with E-state index in [0.29, 0.717) is 6.42 Å². The van der Waals surface area contributed by atoms with Crippen LogP contribution in [-0.4, -0.2) is 30.6 Å².